The topological polar surface area (TPSA) is 12.0 Å². The molecule has 0 saturated carbocycles. The van der Waals surface area contributed by atoms with Crippen molar-refractivity contribution in [3.8, 4) is 0 Å². The third kappa shape index (κ3) is 9.97. The first kappa shape index (κ1) is 18.6. The van der Waals surface area contributed by atoms with Crippen molar-refractivity contribution in [3.05, 3.63) is 29.8 Å². The largest absolute Gasteiger partial charge is 0.308 e. The number of nitrogens with one attached hydrogen (secondary N) is 1. The van der Waals surface area contributed by atoms with Crippen LogP contribution in [-0.4, -0.2) is 11.3 Å². The van der Waals surface area contributed by atoms with Crippen molar-refractivity contribution in [1.82, 2.24) is 5.32 Å². The van der Waals surface area contributed by atoms with Gasteiger partial charge in [0.15, 0.2) is 0 Å². The highest BCUT2D eigenvalue weighted by molar-refractivity contribution is 7.99. The first-order valence-electron chi connectivity index (χ1n) is 8.48. The quantitative estimate of drug-likeness (QED) is 0.418. The van der Waals surface area contributed by atoms with Crippen molar-refractivity contribution in [1.29, 1.82) is 0 Å². The smallest absolute Gasteiger partial charge is 0.0210 e. The van der Waals surface area contributed by atoms with Gasteiger partial charge >= 0.3 is 0 Å². The fourth-order valence-corrected chi connectivity index (χ4v) is 3.18. The summed E-state index contributed by atoms with van der Waals surface area (Å²) >= 11 is 2.00. The Labute approximate surface area is 136 Å². The van der Waals surface area contributed by atoms with E-state index >= 15 is 0 Å². The van der Waals surface area contributed by atoms with Gasteiger partial charge in [0.05, 0.1) is 0 Å². The zero-order valence-electron chi connectivity index (χ0n) is 14.4. The molecule has 0 aliphatic carbocycles. The average Bonchev–Trinajstić information content (AvgIpc) is 2.44. The molecule has 0 aliphatic heterocycles. The van der Waals surface area contributed by atoms with E-state index in [0.29, 0.717) is 0 Å². The van der Waals surface area contributed by atoms with Crippen LogP contribution in [0.3, 0.4) is 0 Å². The van der Waals surface area contributed by atoms with E-state index in [0.717, 1.165) is 6.54 Å². The Kier molecular flexibility index (Phi) is 9.10. The molecule has 0 saturated heterocycles. The summed E-state index contributed by atoms with van der Waals surface area (Å²) < 4.78 is 0. The lowest BCUT2D eigenvalue weighted by atomic mass is 10.1. The number of hydrogen-bond donors (Lipinski definition) is 1. The van der Waals surface area contributed by atoms with Crippen LogP contribution >= 0.6 is 11.8 Å². The van der Waals surface area contributed by atoms with Gasteiger partial charge in [-0.2, -0.15) is 0 Å². The van der Waals surface area contributed by atoms with Gasteiger partial charge < -0.3 is 5.32 Å². The molecule has 0 spiro atoms. The molecule has 0 amide bonds. The first-order chi connectivity index (χ1) is 10.0. The lowest BCUT2D eigenvalue weighted by molar-refractivity contribution is 0.424. The predicted molar refractivity (Wildman–Crippen MR) is 97.1 cm³/mol. The second kappa shape index (κ2) is 10.3. The summed E-state index contributed by atoms with van der Waals surface area (Å²) in [5, 5.41) is 3.55. The van der Waals surface area contributed by atoms with E-state index in [-0.39, 0.29) is 5.54 Å². The Morgan fingerprint density at radius 1 is 1.00 bits per heavy atom. The molecular formula is C19H33NS. The fourth-order valence-electron chi connectivity index (χ4n) is 2.18. The number of rotatable bonds is 10. The van der Waals surface area contributed by atoms with Gasteiger partial charge in [-0.15, -0.1) is 11.8 Å². The molecule has 1 N–H and O–H groups in total. The second-order valence-electron chi connectivity index (χ2n) is 6.87. The lowest BCUT2D eigenvalue weighted by Gasteiger charge is -2.20. The van der Waals surface area contributed by atoms with E-state index in [1.54, 1.807) is 0 Å². The first-order valence-corrected chi connectivity index (χ1v) is 9.46. The molecule has 0 fully saturated rings. The third-order valence-corrected chi connectivity index (χ3v) is 4.57. The molecule has 0 heterocycles. The van der Waals surface area contributed by atoms with Crippen LogP contribution in [0.25, 0.3) is 0 Å². The summed E-state index contributed by atoms with van der Waals surface area (Å²) in [6.45, 7) is 9.87. The molecule has 120 valence electrons. The molecule has 1 aromatic rings. The predicted octanol–water partition coefficient (Wildman–Crippen LogP) is 6.03. The van der Waals surface area contributed by atoms with Gasteiger partial charge in [-0.25, -0.2) is 0 Å². The van der Waals surface area contributed by atoms with Crippen LogP contribution in [0.2, 0.25) is 0 Å². The van der Waals surface area contributed by atoms with Gasteiger partial charge in [0.2, 0.25) is 0 Å². The van der Waals surface area contributed by atoms with E-state index in [2.05, 4.69) is 57.3 Å². The van der Waals surface area contributed by atoms with Gasteiger partial charge in [-0.1, -0.05) is 51.2 Å². The van der Waals surface area contributed by atoms with Crippen molar-refractivity contribution in [3.63, 3.8) is 0 Å². The maximum atomic E-state index is 3.55. The molecule has 0 atom stereocenters. The molecule has 1 rings (SSSR count). The minimum absolute atomic E-state index is 0.182. The van der Waals surface area contributed by atoms with Gasteiger partial charge in [0.1, 0.15) is 0 Å². The third-order valence-electron chi connectivity index (χ3n) is 3.49. The van der Waals surface area contributed by atoms with Crippen LogP contribution in [-0.2, 0) is 6.54 Å². The molecule has 0 radical (unpaired) electrons. The van der Waals surface area contributed by atoms with Crippen LogP contribution in [0.1, 0.15) is 71.8 Å². The highest BCUT2D eigenvalue weighted by atomic mass is 32.2. The minimum Gasteiger partial charge on any atom is -0.308 e. The zero-order valence-corrected chi connectivity index (χ0v) is 15.2. The molecule has 0 bridgehead atoms. The maximum Gasteiger partial charge on any atom is 0.0210 e. The van der Waals surface area contributed by atoms with Crippen molar-refractivity contribution in [2.24, 2.45) is 0 Å². The summed E-state index contributed by atoms with van der Waals surface area (Å²) in [7, 11) is 0. The summed E-state index contributed by atoms with van der Waals surface area (Å²) in [4.78, 5) is 1.41. The van der Waals surface area contributed by atoms with Crippen LogP contribution in [0.15, 0.2) is 29.2 Å². The van der Waals surface area contributed by atoms with Crippen molar-refractivity contribution < 1.29 is 0 Å². The Morgan fingerprint density at radius 2 is 1.71 bits per heavy atom. The summed E-state index contributed by atoms with van der Waals surface area (Å²) in [6, 6.07) is 8.97. The normalized spacial score (nSPS) is 11.8. The van der Waals surface area contributed by atoms with Crippen LogP contribution < -0.4 is 5.32 Å². The SMILES string of the molecule is CCCCCCCCSc1cccc(CNC(C)(C)C)c1. The molecule has 21 heavy (non-hydrogen) atoms. The molecular weight excluding hydrogens is 274 g/mol. The van der Waals surface area contributed by atoms with E-state index in [9.17, 15) is 0 Å². The summed E-state index contributed by atoms with van der Waals surface area (Å²) in [5.74, 6) is 1.25. The Balaban J connectivity index is 2.23. The molecule has 1 nitrogen and oxygen atoms in total. The Morgan fingerprint density at radius 3 is 2.43 bits per heavy atom. The van der Waals surface area contributed by atoms with Gasteiger partial charge in [-0.3, -0.25) is 0 Å². The zero-order chi connectivity index (χ0) is 15.6. The average molecular weight is 308 g/mol. The molecule has 0 aromatic heterocycles. The highest BCUT2D eigenvalue weighted by Gasteiger charge is 2.08. The van der Waals surface area contributed by atoms with E-state index in [4.69, 9.17) is 0 Å². The number of unbranched alkanes of at least 4 members (excludes halogenated alkanes) is 5. The lowest BCUT2D eigenvalue weighted by Crippen LogP contribution is -2.35. The van der Waals surface area contributed by atoms with Crippen molar-refractivity contribution in [2.45, 2.75) is 83.2 Å². The van der Waals surface area contributed by atoms with E-state index in [1.807, 2.05) is 11.8 Å². The number of hydrogen-bond acceptors (Lipinski definition) is 2. The van der Waals surface area contributed by atoms with Crippen LogP contribution in [0.5, 0.6) is 0 Å². The minimum atomic E-state index is 0.182. The van der Waals surface area contributed by atoms with E-state index < -0.39 is 0 Å². The Hall–Kier alpha value is -0.470. The van der Waals surface area contributed by atoms with Crippen LogP contribution in [0.4, 0.5) is 0 Å². The van der Waals surface area contributed by atoms with Gasteiger partial charge in [0.25, 0.3) is 0 Å². The van der Waals surface area contributed by atoms with Crippen molar-refractivity contribution in [2.75, 3.05) is 5.75 Å². The number of benzene rings is 1. The molecule has 1 aromatic carbocycles. The Bertz CT molecular complexity index is 381. The van der Waals surface area contributed by atoms with Crippen LogP contribution in [0, 0.1) is 0 Å². The second-order valence-corrected chi connectivity index (χ2v) is 8.04. The molecule has 2 heteroatoms. The standard InChI is InChI=1S/C19H33NS/c1-5-6-7-8-9-10-14-21-18-13-11-12-17(15-18)16-20-19(2,3)4/h11-13,15,20H,5-10,14,16H2,1-4H3. The van der Waals surface area contributed by atoms with Gasteiger partial charge in [-0.05, 0) is 50.6 Å². The number of thioether (sulfide) groups is 1. The van der Waals surface area contributed by atoms with Crippen molar-refractivity contribution >= 4 is 11.8 Å². The maximum absolute atomic E-state index is 3.55. The van der Waals surface area contributed by atoms with E-state index in [1.165, 1.54) is 54.7 Å². The summed E-state index contributed by atoms with van der Waals surface area (Å²) in [6.07, 6.45) is 8.29. The molecule has 0 unspecified atom stereocenters. The summed E-state index contributed by atoms with van der Waals surface area (Å²) in [5.41, 5.74) is 1.57. The molecule has 0 aliphatic rings. The van der Waals surface area contributed by atoms with Gasteiger partial charge in [0, 0.05) is 17.0 Å². The monoisotopic (exact) mass is 307 g/mol. The highest BCUT2D eigenvalue weighted by Crippen LogP contribution is 2.21. The fraction of sp³-hybridized carbons (Fsp3) is 0.684.